The van der Waals surface area contributed by atoms with Gasteiger partial charge in [-0.25, -0.2) is 4.98 Å². The zero-order chi connectivity index (χ0) is 12.1. The summed E-state index contributed by atoms with van der Waals surface area (Å²) in [6.45, 7) is 3.22. The number of hydrogen-bond donors (Lipinski definition) is 2. The maximum Gasteiger partial charge on any atom is 0.153 e. The summed E-state index contributed by atoms with van der Waals surface area (Å²) in [5.41, 5.74) is 0.894. The van der Waals surface area contributed by atoms with E-state index in [1.165, 1.54) is 0 Å². The highest BCUT2D eigenvalue weighted by Gasteiger charge is 2.06. The first-order chi connectivity index (χ1) is 8.25. The van der Waals surface area contributed by atoms with Gasteiger partial charge in [0.25, 0.3) is 0 Å². The Morgan fingerprint density at radius 3 is 3.18 bits per heavy atom. The molecule has 0 saturated carbocycles. The van der Waals surface area contributed by atoms with Crippen molar-refractivity contribution in [3.05, 3.63) is 28.8 Å². The molecule has 0 amide bonds. The van der Waals surface area contributed by atoms with Crippen LogP contribution in [0.1, 0.15) is 11.9 Å². The molecule has 92 valence electrons. The number of nitrogens with one attached hydrogen (secondary N) is 1. The van der Waals surface area contributed by atoms with Gasteiger partial charge in [-0.05, 0) is 19.1 Å². The number of nitrogens with zero attached hydrogens (tertiary/aromatic N) is 1. The molecular formula is C12H16N2O2S. The van der Waals surface area contributed by atoms with Crippen molar-refractivity contribution in [3.63, 3.8) is 0 Å². The summed E-state index contributed by atoms with van der Waals surface area (Å²) in [4.78, 5) is 4.49. The average Bonchev–Trinajstić information content (AvgIpc) is 2.94. The summed E-state index contributed by atoms with van der Waals surface area (Å²) >= 11 is 1.63. The fraction of sp³-hybridized carbons (Fsp3) is 0.417. The Hall–Kier alpha value is -1.17. The molecule has 0 aliphatic heterocycles. The number of thiazole rings is 1. The third-order valence-electron chi connectivity index (χ3n) is 2.28. The maximum absolute atomic E-state index is 9.09. The van der Waals surface area contributed by atoms with Crippen LogP contribution in [0.15, 0.2) is 28.2 Å². The Kier molecular flexibility index (Phi) is 4.30. The van der Waals surface area contributed by atoms with Crippen molar-refractivity contribution >= 4 is 11.3 Å². The molecule has 2 heterocycles. The molecule has 0 fully saturated rings. The van der Waals surface area contributed by atoms with Gasteiger partial charge in [0, 0.05) is 24.9 Å². The van der Waals surface area contributed by atoms with Gasteiger partial charge >= 0.3 is 0 Å². The monoisotopic (exact) mass is 252 g/mol. The Bertz CT molecular complexity index is 437. The van der Waals surface area contributed by atoms with E-state index in [0.717, 1.165) is 29.4 Å². The molecule has 2 rings (SSSR count). The molecule has 5 heteroatoms. The third kappa shape index (κ3) is 3.66. The fourth-order valence-electron chi connectivity index (χ4n) is 1.47. The molecule has 0 aromatic carbocycles. The number of aliphatic hydroxyl groups is 1. The van der Waals surface area contributed by atoms with Crippen LogP contribution in [-0.4, -0.2) is 29.3 Å². The van der Waals surface area contributed by atoms with Gasteiger partial charge in [-0.3, -0.25) is 0 Å². The van der Waals surface area contributed by atoms with Gasteiger partial charge < -0.3 is 14.8 Å². The Morgan fingerprint density at radius 1 is 1.59 bits per heavy atom. The molecule has 0 saturated heterocycles. The molecule has 0 aliphatic rings. The van der Waals surface area contributed by atoms with E-state index >= 15 is 0 Å². The SMILES string of the molecule is CC(O)CNCCc1nc(-c2ccco2)cs1. The highest BCUT2D eigenvalue weighted by atomic mass is 32.1. The molecule has 0 aliphatic carbocycles. The molecule has 0 radical (unpaired) electrons. The second-order valence-electron chi connectivity index (χ2n) is 3.91. The summed E-state index contributed by atoms with van der Waals surface area (Å²) in [5, 5.41) is 15.3. The van der Waals surface area contributed by atoms with Gasteiger partial charge in [0.1, 0.15) is 5.69 Å². The van der Waals surface area contributed by atoms with Crippen LogP contribution < -0.4 is 5.32 Å². The lowest BCUT2D eigenvalue weighted by Crippen LogP contribution is -2.26. The van der Waals surface area contributed by atoms with E-state index in [-0.39, 0.29) is 6.10 Å². The van der Waals surface area contributed by atoms with E-state index in [1.807, 2.05) is 17.5 Å². The van der Waals surface area contributed by atoms with Crippen molar-refractivity contribution < 1.29 is 9.52 Å². The fourth-order valence-corrected chi connectivity index (χ4v) is 2.26. The zero-order valence-electron chi connectivity index (χ0n) is 9.72. The molecule has 0 spiro atoms. The van der Waals surface area contributed by atoms with Crippen molar-refractivity contribution in [3.8, 4) is 11.5 Å². The number of furan rings is 1. The van der Waals surface area contributed by atoms with Crippen LogP contribution in [0.4, 0.5) is 0 Å². The lowest BCUT2D eigenvalue weighted by atomic mass is 10.3. The summed E-state index contributed by atoms with van der Waals surface area (Å²) in [7, 11) is 0. The van der Waals surface area contributed by atoms with Crippen LogP contribution in [0.5, 0.6) is 0 Å². The molecular weight excluding hydrogens is 236 g/mol. The molecule has 2 aromatic rings. The van der Waals surface area contributed by atoms with Crippen molar-refractivity contribution in [2.75, 3.05) is 13.1 Å². The topological polar surface area (TPSA) is 58.3 Å². The van der Waals surface area contributed by atoms with Crippen molar-refractivity contribution in [1.29, 1.82) is 0 Å². The van der Waals surface area contributed by atoms with Gasteiger partial charge in [0.2, 0.25) is 0 Å². The van der Waals surface area contributed by atoms with Gasteiger partial charge in [-0.15, -0.1) is 11.3 Å². The summed E-state index contributed by atoms with van der Waals surface area (Å²) < 4.78 is 5.29. The van der Waals surface area contributed by atoms with Gasteiger partial charge in [0.15, 0.2) is 5.76 Å². The lowest BCUT2D eigenvalue weighted by Gasteiger charge is -2.04. The molecule has 2 N–H and O–H groups in total. The van der Waals surface area contributed by atoms with E-state index < -0.39 is 0 Å². The molecule has 0 bridgehead atoms. The van der Waals surface area contributed by atoms with E-state index in [4.69, 9.17) is 9.52 Å². The number of rotatable bonds is 6. The Balaban J connectivity index is 1.83. The predicted octanol–water partition coefficient (Wildman–Crippen LogP) is 1.92. The molecule has 1 atom stereocenters. The number of hydrogen-bond acceptors (Lipinski definition) is 5. The molecule has 1 unspecified atom stereocenters. The quantitative estimate of drug-likeness (QED) is 0.771. The van der Waals surface area contributed by atoms with E-state index in [9.17, 15) is 0 Å². The van der Waals surface area contributed by atoms with Gasteiger partial charge in [-0.1, -0.05) is 0 Å². The van der Waals surface area contributed by atoms with Crippen LogP contribution >= 0.6 is 11.3 Å². The van der Waals surface area contributed by atoms with Crippen molar-refractivity contribution in [2.45, 2.75) is 19.4 Å². The third-order valence-corrected chi connectivity index (χ3v) is 3.19. The minimum absolute atomic E-state index is 0.301. The largest absolute Gasteiger partial charge is 0.463 e. The van der Waals surface area contributed by atoms with Gasteiger partial charge in [0.05, 0.1) is 17.4 Å². The maximum atomic E-state index is 9.09. The van der Waals surface area contributed by atoms with Crippen molar-refractivity contribution in [1.82, 2.24) is 10.3 Å². The van der Waals surface area contributed by atoms with Crippen LogP contribution in [0.2, 0.25) is 0 Å². The highest BCUT2D eigenvalue weighted by molar-refractivity contribution is 7.09. The Morgan fingerprint density at radius 2 is 2.47 bits per heavy atom. The summed E-state index contributed by atoms with van der Waals surface area (Å²) in [6.07, 6.45) is 2.22. The average molecular weight is 252 g/mol. The van der Waals surface area contributed by atoms with E-state index in [0.29, 0.717) is 6.54 Å². The van der Waals surface area contributed by atoms with E-state index in [2.05, 4.69) is 10.3 Å². The van der Waals surface area contributed by atoms with Crippen LogP contribution in [0, 0.1) is 0 Å². The van der Waals surface area contributed by atoms with E-state index in [1.54, 1.807) is 24.5 Å². The first-order valence-electron chi connectivity index (χ1n) is 5.63. The second kappa shape index (κ2) is 5.95. The minimum atomic E-state index is -0.301. The second-order valence-corrected chi connectivity index (χ2v) is 4.85. The lowest BCUT2D eigenvalue weighted by molar-refractivity contribution is 0.191. The highest BCUT2D eigenvalue weighted by Crippen LogP contribution is 2.22. The Labute approximate surface area is 104 Å². The summed E-state index contributed by atoms with van der Waals surface area (Å²) in [6, 6.07) is 3.77. The van der Waals surface area contributed by atoms with Gasteiger partial charge in [-0.2, -0.15) is 0 Å². The number of aromatic nitrogens is 1. The first-order valence-corrected chi connectivity index (χ1v) is 6.50. The summed E-state index contributed by atoms with van der Waals surface area (Å²) in [5.74, 6) is 0.810. The zero-order valence-corrected chi connectivity index (χ0v) is 10.5. The molecule has 2 aromatic heterocycles. The van der Waals surface area contributed by atoms with Crippen molar-refractivity contribution in [2.24, 2.45) is 0 Å². The minimum Gasteiger partial charge on any atom is -0.463 e. The number of aliphatic hydroxyl groups excluding tert-OH is 1. The smallest absolute Gasteiger partial charge is 0.153 e. The predicted molar refractivity (Wildman–Crippen MR) is 68.1 cm³/mol. The van der Waals surface area contributed by atoms with Crippen LogP contribution in [-0.2, 0) is 6.42 Å². The molecule has 4 nitrogen and oxygen atoms in total. The van der Waals surface area contributed by atoms with Crippen LogP contribution in [0.25, 0.3) is 11.5 Å². The molecule has 17 heavy (non-hydrogen) atoms. The normalized spacial score (nSPS) is 12.8. The first kappa shape index (κ1) is 12.3. The van der Waals surface area contributed by atoms with Crippen LogP contribution in [0.3, 0.4) is 0 Å². The standard InChI is InChI=1S/C12H16N2O2S/c1-9(15)7-13-5-4-12-14-10(8-17-12)11-3-2-6-16-11/h2-3,6,8-9,13,15H,4-5,7H2,1H3.